The Balaban J connectivity index is 0.000000258. The van der Waals surface area contributed by atoms with Crippen LogP contribution in [0.4, 0.5) is 155 Å². The first-order chi connectivity index (χ1) is 61.3. The van der Waals surface area contributed by atoms with E-state index < -0.39 is 235 Å². The number of amides is 1. The topological polar surface area (TPSA) is 262 Å². The van der Waals surface area contributed by atoms with Gasteiger partial charge in [-0.25, -0.2) is 28.4 Å². The Morgan fingerprint density at radius 2 is 0.545 bits per heavy atom. The fourth-order valence-corrected chi connectivity index (χ4v) is 10.7. The predicted molar refractivity (Wildman–Crippen MR) is 389 cm³/mol. The molecule has 17 nitrogen and oxygen atoms in total. The van der Waals surface area contributed by atoms with Crippen molar-refractivity contribution in [3.05, 3.63) is 319 Å². The molecule has 722 valence electrons. The Labute approximate surface area is 729 Å². The summed E-state index contributed by atoms with van der Waals surface area (Å²) in [4.78, 5) is 67.7. The average molecular weight is 1980 g/mol. The van der Waals surface area contributed by atoms with Gasteiger partial charge in [-0.05, 0) is 146 Å². The molecule has 0 saturated heterocycles. The lowest BCUT2D eigenvalue weighted by Crippen LogP contribution is -2.30. The van der Waals surface area contributed by atoms with Crippen LogP contribution in [0.5, 0.6) is 28.7 Å². The van der Waals surface area contributed by atoms with Crippen molar-refractivity contribution >= 4 is 53.0 Å². The maximum atomic E-state index is 13.7. The second kappa shape index (κ2) is 42.6. The van der Waals surface area contributed by atoms with E-state index in [4.69, 9.17) is 40.4 Å². The summed E-state index contributed by atoms with van der Waals surface area (Å²) < 4.78 is 458. The van der Waals surface area contributed by atoms with Crippen LogP contribution in [0.25, 0.3) is 0 Å². The Bertz CT molecular complexity index is 5750. The lowest BCUT2D eigenvalue weighted by Gasteiger charge is -2.21. The molecule has 10 rings (SSSR count). The van der Waals surface area contributed by atoms with Crippen LogP contribution in [0.15, 0.2) is 224 Å². The van der Waals surface area contributed by atoms with E-state index in [-0.39, 0.29) is 40.3 Å². The largest absolute Gasteiger partial charge is 0.478 e. The highest BCUT2D eigenvalue weighted by atomic mass is 35.5. The summed E-state index contributed by atoms with van der Waals surface area (Å²) in [6, 6.07) is 26.6. The second-order valence-corrected chi connectivity index (χ2v) is 26.7. The number of carboxylic acid groups (broad SMARTS) is 5. The number of carboxylic acids is 5. The summed E-state index contributed by atoms with van der Waals surface area (Å²) in [5.74, 6) is -16.1. The average Bonchev–Trinajstić information content (AvgIpc) is 0.788. The number of para-hydroxylation sites is 1. The van der Waals surface area contributed by atoms with E-state index >= 15 is 0 Å². The van der Waals surface area contributed by atoms with Crippen LogP contribution in [0.1, 0.15) is 114 Å². The van der Waals surface area contributed by atoms with Gasteiger partial charge in [-0.15, -0.1) is 0 Å². The highest BCUT2D eigenvalue weighted by Crippen LogP contribution is 2.46. The van der Waals surface area contributed by atoms with Gasteiger partial charge in [-0.2, -0.15) is 145 Å². The number of rotatable bonds is 21. The van der Waals surface area contributed by atoms with Gasteiger partial charge in [0.1, 0.15) is 23.0 Å². The molecule has 0 aliphatic carbocycles. The summed E-state index contributed by atoms with van der Waals surface area (Å²) in [7, 11) is 0. The summed E-state index contributed by atoms with van der Waals surface area (Å²) in [6.07, 6.45) is -63.0. The SMILES string of the molecule is O=C(O)C(Oc1cc(C(F)(F)F)ccc1F)c1cccc(C(F)(F)F)c1.O=C(O)C(Oc1ccc(C(F)(F)F)cc1Cl)c1ccc(C(F)(F)F)cc1.O=C(O)C(Oc1ccc(NC(=O)C(F)(F)F)cc1C(F)(F)F)c1cccc(C(F)(F)F)c1.O=C(O)C(Oc1cccc(C(F)(F)F)c1)c1ccc(C(F)(F)F)cc1.O=C(O)C(Oc1ccccc1C(F)(F)F)c1ccc(C(F)(F)F)cc1. The van der Waals surface area contributed by atoms with Crippen LogP contribution in [0.3, 0.4) is 0 Å². The molecule has 52 heteroatoms. The van der Waals surface area contributed by atoms with Crippen LogP contribution in [-0.4, -0.2) is 67.5 Å². The summed E-state index contributed by atoms with van der Waals surface area (Å²) in [5.41, 5.74) is -14.4. The number of hydrogen-bond donors (Lipinski definition) is 6. The molecule has 0 saturated carbocycles. The molecule has 0 spiro atoms. The van der Waals surface area contributed by atoms with Crippen molar-refractivity contribution in [2.75, 3.05) is 5.32 Å². The Hall–Kier alpha value is -14.1. The van der Waals surface area contributed by atoms with E-state index in [1.54, 1.807) is 0 Å². The van der Waals surface area contributed by atoms with Crippen LogP contribution < -0.4 is 29.0 Å². The number of ether oxygens (including phenoxy) is 5. The fourth-order valence-electron chi connectivity index (χ4n) is 10.5. The highest BCUT2D eigenvalue weighted by molar-refractivity contribution is 6.32. The predicted octanol–water partition coefficient (Wildman–Crippen LogP) is 25.9. The lowest BCUT2D eigenvalue weighted by atomic mass is 10.1. The molecule has 6 N–H and O–H groups in total. The molecule has 5 atom stereocenters. The molecule has 10 aromatic rings. The third kappa shape index (κ3) is 31.6. The molecule has 0 bridgehead atoms. The van der Waals surface area contributed by atoms with E-state index in [2.05, 4.69) is 0 Å². The van der Waals surface area contributed by atoms with Gasteiger partial charge in [0.2, 0.25) is 30.5 Å². The van der Waals surface area contributed by atoms with Crippen molar-refractivity contribution in [1.82, 2.24) is 0 Å². The molecule has 0 aliphatic heterocycles. The van der Waals surface area contributed by atoms with E-state index in [1.165, 1.54) is 11.4 Å². The van der Waals surface area contributed by atoms with Gasteiger partial charge in [0.15, 0.2) is 11.6 Å². The number of benzene rings is 10. The van der Waals surface area contributed by atoms with Gasteiger partial charge in [0, 0.05) is 33.5 Å². The standard InChI is InChI=1S/C18H10F9NO4.C16H9ClF6O3.C16H9F7O3.2C16H10F6O3/c19-16(20,21)9-3-1-2-8(6-9)13(14(29)30)32-12-5-4-10(7-11(12)17(22,23)24)28-15(31)18(25,26)27;17-11-7-10(16(21,22)23)5-6-12(11)26-13(14(24)25)8-1-3-9(4-2-8)15(18,19)20;17-11-5-4-10(16(21,22)23)7-12(11)26-13(14(24)25)8-2-1-3-9(6-8)15(18,19)20;17-15(18,19)10-6-4-9(5-7-10)13(14(23)24)25-12-3-1-2-11(8-12)16(20,21)22;17-15(18,19)10-7-5-9(6-8-10)13(14(23)24)25-12-4-2-1-3-11(12)16(20,21)22/h1-7,13H,(H,28,31)(H,29,30);2*1-7,13H,(H,24,25);2*1-8,13H,(H,23,24). The van der Waals surface area contributed by atoms with Crippen LogP contribution in [0, 0.1) is 5.82 Å². The summed E-state index contributed by atoms with van der Waals surface area (Å²) >= 11 is 5.69. The molecular weight excluding hydrogens is 1940 g/mol. The van der Waals surface area contributed by atoms with Crippen molar-refractivity contribution in [2.45, 2.75) is 98.5 Å². The van der Waals surface area contributed by atoms with Gasteiger partial charge in [-0.3, -0.25) is 4.79 Å². The molecule has 0 aliphatic rings. The molecule has 10 aromatic carbocycles. The molecule has 1 amide bonds. The van der Waals surface area contributed by atoms with Gasteiger partial charge in [0.05, 0.1) is 60.7 Å². The molecular formula is C82H48ClF34NO16. The Morgan fingerprint density at radius 1 is 0.254 bits per heavy atom. The molecule has 0 radical (unpaired) electrons. The van der Waals surface area contributed by atoms with Crippen LogP contribution in [0.2, 0.25) is 5.02 Å². The van der Waals surface area contributed by atoms with Gasteiger partial charge in [-0.1, -0.05) is 90.5 Å². The number of alkyl halides is 33. The number of hydrogen-bond acceptors (Lipinski definition) is 11. The number of anilines is 1. The van der Waals surface area contributed by atoms with Crippen LogP contribution >= 0.6 is 11.6 Å². The molecule has 0 aromatic heterocycles. The van der Waals surface area contributed by atoms with Crippen molar-refractivity contribution in [2.24, 2.45) is 0 Å². The second-order valence-electron chi connectivity index (χ2n) is 26.3. The van der Waals surface area contributed by atoms with E-state index in [0.717, 1.165) is 97.1 Å². The zero-order valence-corrected chi connectivity index (χ0v) is 65.5. The zero-order valence-electron chi connectivity index (χ0n) is 64.7. The third-order valence-electron chi connectivity index (χ3n) is 16.7. The number of nitrogens with one attached hydrogen (secondary N) is 1. The van der Waals surface area contributed by atoms with Crippen molar-refractivity contribution < 1.29 is 227 Å². The maximum Gasteiger partial charge on any atom is 0.471 e. The Kier molecular flexibility index (Phi) is 34.6. The molecule has 0 fully saturated rings. The molecule has 0 heterocycles. The maximum absolute atomic E-state index is 13.7. The first-order valence-corrected chi connectivity index (χ1v) is 35.6. The summed E-state index contributed by atoms with van der Waals surface area (Å²) in [6.45, 7) is 0. The lowest BCUT2D eigenvalue weighted by molar-refractivity contribution is -0.167. The fraction of sp³-hybridized carbons (Fsp3) is 0.195. The highest BCUT2D eigenvalue weighted by Gasteiger charge is 2.44. The van der Waals surface area contributed by atoms with Gasteiger partial charge in [0.25, 0.3) is 0 Å². The number of carbonyl (C=O) groups is 6. The smallest absolute Gasteiger partial charge is 0.471 e. The number of halogens is 35. The minimum Gasteiger partial charge on any atom is -0.478 e. The first-order valence-electron chi connectivity index (χ1n) is 35.3. The Morgan fingerprint density at radius 3 is 0.896 bits per heavy atom. The van der Waals surface area contributed by atoms with Gasteiger partial charge < -0.3 is 54.5 Å². The monoisotopic (exact) mass is 1980 g/mol. The van der Waals surface area contributed by atoms with Crippen molar-refractivity contribution in [3.63, 3.8) is 0 Å². The minimum atomic E-state index is -5.40. The third-order valence-corrected chi connectivity index (χ3v) is 17.0. The van der Waals surface area contributed by atoms with E-state index in [1.807, 2.05) is 0 Å². The van der Waals surface area contributed by atoms with E-state index in [0.29, 0.717) is 109 Å². The van der Waals surface area contributed by atoms with Crippen molar-refractivity contribution in [1.29, 1.82) is 0 Å². The summed E-state index contributed by atoms with van der Waals surface area (Å²) in [5, 5.41) is 46.7. The number of carbonyl (C=O) groups excluding carboxylic acids is 1. The first kappa shape index (κ1) is 109. The molecule has 5 unspecified atom stereocenters. The molecule has 134 heavy (non-hydrogen) atoms. The van der Waals surface area contributed by atoms with Gasteiger partial charge >= 0.3 is 104 Å². The zero-order chi connectivity index (χ0) is 102. The van der Waals surface area contributed by atoms with E-state index in [9.17, 15) is 198 Å². The normalized spacial score (nSPS) is 13.4. The number of aliphatic carboxylic acids is 5. The minimum absolute atomic E-state index is 0.0595. The van der Waals surface area contributed by atoms with Crippen LogP contribution in [-0.2, 0) is 90.5 Å². The quantitative estimate of drug-likeness (QED) is 0.0365. The van der Waals surface area contributed by atoms with Crippen molar-refractivity contribution in [3.8, 4) is 28.7 Å².